The van der Waals surface area contributed by atoms with Crippen LogP contribution in [0.5, 0.6) is 0 Å². The van der Waals surface area contributed by atoms with Gasteiger partial charge in [-0.25, -0.2) is 4.39 Å². The first-order valence-electron chi connectivity index (χ1n) is 5.71. The van der Waals surface area contributed by atoms with E-state index in [0.717, 1.165) is 0 Å². The molecule has 0 atom stereocenters. The Bertz CT molecular complexity index is 440. The Morgan fingerprint density at radius 2 is 2.22 bits per heavy atom. The lowest BCUT2D eigenvalue weighted by Crippen LogP contribution is -2.26. The van der Waals surface area contributed by atoms with E-state index in [1.807, 2.05) is 11.8 Å². The lowest BCUT2D eigenvalue weighted by atomic mass is 10.1. The first-order chi connectivity index (χ1) is 8.52. The van der Waals surface area contributed by atoms with E-state index in [1.165, 1.54) is 0 Å². The molecular weight excluding hydrogens is 301 g/mol. The van der Waals surface area contributed by atoms with Crippen LogP contribution in [0.2, 0.25) is 0 Å². The van der Waals surface area contributed by atoms with Crippen LogP contribution in [0.25, 0.3) is 0 Å². The van der Waals surface area contributed by atoms with Crippen molar-refractivity contribution in [2.45, 2.75) is 13.3 Å². The van der Waals surface area contributed by atoms with Crippen LogP contribution in [0.15, 0.2) is 16.6 Å². The number of nitrogens with two attached hydrogens (primary N) is 1. The lowest BCUT2D eigenvalue weighted by molar-refractivity contribution is 0.289. The minimum absolute atomic E-state index is 0.0742. The highest BCUT2D eigenvalue weighted by molar-refractivity contribution is 9.10. The van der Waals surface area contributed by atoms with Gasteiger partial charge in [0.2, 0.25) is 0 Å². The third-order valence-corrected chi connectivity index (χ3v) is 3.44. The van der Waals surface area contributed by atoms with Gasteiger partial charge in [0, 0.05) is 25.3 Å². The van der Waals surface area contributed by atoms with E-state index >= 15 is 0 Å². The summed E-state index contributed by atoms with van der Waals surface area (Å²) in [7, 11) is 0. The molecule has 0 saturated carbocycles. The predicted octanol–water partition coefficient (Wildman–Crippen LogP) is 2.08. The second-order valence-corrected chi connectivity index (χ2v) is 4.62. The monoisotopic (exact) mass is 317 g/mol. The van der Waals surface area contributed by atoms with Crippen LogP contribution in [-0.4, -0.2) is 30.6 Å². The van der Waals surface area contributed by atoms with E-state index in [9.17, 15) is 4.39 Å². The number of aliphatic hydroxyl groups excluding tert-OH is 1. The van der Waals surface area contributed by atoms with Gasteiger partial charge in [-0.2, -0.15) is 0 Å². The molecule has 0 aliphatic rings. The summed E-state index contributed by atoms with van der Waals surface area (Å²) < 4.78 is 14.4. The minimum Gasteiger partial charge on any atom is -0.396 e. The van der Waals surface area contributed by atoms with Crippen molar-refractivity contribution in [3.05, 3.63) is 28.0 Å². The summed E-state index contributed by atoms with van der Waals surface area (Å²) in [6.07, 6.45) is 0.583. The number of nitrogen functional groups attached to an aromatic ring is 1. The molecule has 0 spiro atoms. The summed E-state index contributed by atoms with van der Waals surface area (Å²) in [6, 6.07) is 3.23. The van der Waals surface area contributed by atoms with Crippen LogP contribution in [0, 0.1) is 11.2 Å². The van der Waals surface area contributed by atoms with Gasteiger partial charge in [-0.1, -0.05) is 0 Å². The molecule has 0 bridgehead atoms. The molecule has 0 fully saturated rings. The second-order valence-electron chi connectivity index (χ2n) is 3.83. The average molecular weight is 318 g/mol. The molecule has 0 aromatic heterocycles. The summed E-state index contributed by atoms with van der Waals surface area (Å²) in [6.45, 7) is 3.22. The van der Waals surface area contributed by atoms with E-state index in [0.29, 0.717) is 30.8 Å². The largest absolute Gasteiger partial charge is 0.396 e. The zero-order valence-corrected chi connectivity index (χ0v) is 11.8. The van der Waals surface area contributed by atoms with Crippen LogP contribution < -0.4 is 10.6 Å². The van der Waals surface area contributed by atoms with Gasteiger partial charge < -0.3 is 15.7 Å². The third-order valence-electron chi connectivity index (χ3n) is 2.66. The third kappa shape index (κ3) is 3.20. The van der Waals surface area contributed by atoms with E-state index < -0.39 is 5.82 Å². The molecule has 0 saturated heterocycles. The van der Waals surface area contributed by atoms with Crippen molar-refractivity contribution in [1.82, 2.24) is 0 Å². The molecule has 100 valence electrons. The highest BCUT2D eigenvalue weighted by Crippen LogP contribution is 2.29. The van der Waals surface area contributed by atoms with E-state index in [-0.39, 0.29) is 16.9 Å². The van der Waals surface area contributed by atoms with Gasteiger partial charge in [0.1, 0.15) is 5.84 Å². The molecule has 0 aliphatic heterocycles. The number of rotatable bonds is 6. The Morgan fingerprint density at radius 3 is 2.72 bits per heavy atom. The number of halogens is 2. The van der Waals surface area contributed by atoms with Gasteiger partial charge >= 0.3 is 0 Å². The van der Waals surface area contributed by atoms with Gasteiger partial charge in [0.05, 0.1) is 10.2 Å². The van der Waals surface area contributed by atoms with Gasteiger partial charge in [-0.3, -0.25) is 5.41 Å². The Hall–Kier alpha value is -1.14. The number of anilines is 1. The molecule has 0 amide bonds. The minimum atomic E-state index is -0.428. The summed E-state index contributed by atoms with van der Waals surface area (Å²) in [5.74, 6) is -0.603. The van der Waals surface area contributed by atoms with Crippen molar-refractivity contribution < 1.29 is 9.50 Å². The number of nitrogens with zero attached hydrogens (tertiary/aromatic N) is 1. The molecular formula is C12H17BrFN3O. The van der Waals surface area contributed by atoms with E-state index in [2.05, 4.69) is 15.9 Å². The molecule has 1 rings (SSSR count). The molecule has 0 unspecified atom stereocenters. The molecule has 0 heterocycles. The fourth-order valence-electron chi connectivity index (χ4n) is 1.70. The first-order valence-corrected chi connectivity index (χ1v) is 6.50. The number of nitrogens with one attached hydrogen (secondary N) is 1. The van der Waals surface area contributed by atoms with Crippen LogP contribution in [-0.2, 0) is 0 Å². The highest BCUT2D eigenvalue weighted by Gasteiger charge is 2.16. The molecule has 4 N–H and O–H groups in total. The Balaban J connectivity index is 3.09. The summed E-state index contributed by atoms with van der Waals surface area (Å²) in [4.78, 5) is 1.83. The highest BCUT2D eigenvalue weighted by atomic mass is 79.9. The van der Waals surface area contributed by atoms with Crippen molar-refractivity contribution >= 4 is 27.5 Å². The van der Waals surface area contributed by atoms with Crippen molar-refractivity contribution in [2.75, 3.05) is 24.6 Å². The Labute approximate surface area is 114 Å². The lowest BCUT2D eigenvalue weighted by Gasteiger charge is -2.24. The van der Waals surface area contributed by atoms with Gasteiger partial charge in [-0.05, 0) is 41.4 Å². The quantitative estimate of drug-likeness (QED) is 0.555. The maximum absolute atomic E-state index is 14.2. The number of benzene rings is 1. The molecule has 4 nitrogen and oxygen atoms in total. The fraction of sp³-hybridized carbons (Fsp3) is 0.417. The summed E-state index contributed by atoms with van der Waals surface area (Å²) in [5.41, 5.74) is 6.15. The summed E-state index contributed by atoms with van der Waals surface area (Å²) in [5, 5.41) is 16.2. The van der Waals surface area contributed by atoms with Crippen LogP contribution in [0.4, 0.5) is 10.1 Å². The Morgan fingerprint density at radius 1 is 1.56 bits per heavy atom. The predicted molar refractivity (Wildman–Crippen MR) is 74.7 cm³/mol. The van der Waals surface area contributed by atoms with Crippen LogP contribution in [0.3, 0.4) is 0 Å². The van der Waals surface area contributed by atoms with Crippen molar-refractivity contribution in [3.63, 3.8) is 0 Å². The number of aliphatic hydroxyl groups is 1. The molecule has 6 heteroatoms. The molecule has 18 heavy (non-hydrogen) atoms. The van der Waals surface area contributed by atoms with E-state index in [4.69, 9.17) is 16.2 Å². The molecule has 0 radical (unpaired) electrons. The summed E-state index contributed by atoms with van der Waals surface area (Å²) >= 11 is 3.13. The van der Waals surface area contributed by atoms with Gasteiger partial charge in [-0.15, -0.1) is 0 Å². The molecule has 1 aromatic rings. The fourth-order valence-corrected chi connectivity index (χ4v) is 2.25. The van der Waals surface area contributed by atoms with Crippen LogP contribution >= 0.6 is 15.9 Å². The topological polar surface area (TPSA) is 73.3 Å². The number of hydrogen-bond acceptors (Lipinski definition) is 3. The maximum atomic E-state index is 14.2. The smallest absolute Gasteiger partial charge is 0.161 e. The normalized spacial score (nSPS) is 10.4. The van der Waals surface area contributed by atoms with E-state index in [1.54, 1.807) is 12.1 Å². The van der Waals surface area contributed by atoms with Gasteiger partial charge in [0.25, 0.3) is 0 Å². The standard InChI is InChI=1S/C12H17BrFN3O/c1-2-17(6-3-7-18)9-5-4-8(12(15)16)10(13)11(9)14/h4-5,18H,2-3,6-7H2,1H3,(H3,15,16). The van der Waals surface area contributed by atoms with Crippen LogP contribution in [0.1, 0.15) is 18.9 Å². The van der Waals surface area contributed by atoms with Gasteiger partial charge in [0.15, 0.2) is 5.82 Å². The van der Waals surface area contributed by atoms with Crippen molar-refractivity contribution in [1.29, 1.82) is 5.41 Å². The first kappa shape index (κ1) is 14.9. The second kappa shape index (κ2) is 6.70. The zero-order chi connectivity index (χ0) is 13.7. The van der Waals surface area contributed by atoms with Crippen molar-refractivity contribution in [3.8, 4) is 0 Å². The van der Waals surface area contributed by atoms with Crippen molar-refractivity contribution in [2.24, 2.45) is 5.73 Å². The number of amidine groups is 1. The molecule has 1 aromatic carbocycles. The SMILES string of the molecule is CCN(CCCO)c1ccc(C(=N)N)c(Br)c1F. The Kier molecular flexibility index (Phi) is 5.55. The molecule has 0 aliphatic carbocycles. The average Bonchev–Trinajstić information content (AvgIpc) is 2.34. The zero-order valence-electron chi connectivity index (χ0n) is 10.2. The maximum Gasteiger partial charge on any atom is 0.161 e. The number of hydrogen-bond donors (Lipinski definition) is 3.